The van der Waals surface area contributed by atoms with Crippen molar-refractivity contribution in [2.24, 2.45) is 5.10 Å². The van der Waals surface area contributed by atoms with E-state index in [9.17, 15) is 4.79 Å². The minimum Gasteiger partial charge on any atom is -0.497 e. The summed E-state index contributed by atoms with van der Waals surface area (Å²) in [6.45, 7) is 0. The summed E-state index contributed by atoms with van der Waals surface area (Å²) in [7, 11) is 1.55. The maximum absolute atomic E-state index is 11.7. The van der Waals surface area contributed by atoms with Crippen molar-refractivity contribution in [3.63, 3.8) is 0 Å². The first-order valence-corrected chi connectivity index (χ1v) is 5.30. The zero-order chi connectivity index (χ0) is 12.8. The number of ether oxygens (including phenoxy) is 1. The minimum absolute atomic E-state index is 0.309. The first-order valence-electron chi connectivity index (χ1n) is 5.30. The molecule has 5 heteroatoms. The van der Waals surface area contributed by atoms with Gasteiger partial charge in [0.1, 0.15) is 11.5 Å². The van der Waals surface area contributed by atoms with Gasteiger partial charge in [-0.25, -0.2) is 5.43 Å². The summed E-state index contributed by atoms with van der Waals surface area (Å²) in [6, 6.07) is 10.3. The molecule has 2 rings (SSSR count). The number of nitrogens with zero attached hydrogens (tertiary/aromatic N) is 1. The third kappa shape index (κ3) is 2.98. The average molecular weight is 244 g/mol. The Kier molecular flexibility index (Phi) is 3.76. The molecule has 0 aliphatic carbocycles. The van der Waals surface area contributed by atoms with Gasteiger partial charge in [0.2, 0.25) is 0 Å². The second-order valence-electron chi connectivity index (χ2n) is 3.45. The molecule has 5 nitrogen and oxygen atoms in total. The van der Waals surface area contributed by atoms with Gasteiger partial charge < -0.3 is 9.15 Å². The van der Waals surface area contributed by atoms with Gasteiger partial charge in [0.25, 0.3) is 5.91 Å². The topological polar surface area (TPSA) is 63.8 Å². The lowest BCUT2D eigenvalue weighted by molar-refractivity contribution is 0.0955. The highest BCUT2D eigenvalue weighted by molar-refractivity contribution is 5.95. The molecule has 0 saturated carbocycles. The van der Waals surface area contributed by atoms with Crippen molar-refractivity contribution in [2.75, 3.05) is 7.11 Å². The Labute approximate surface area is 104 Å². The van der Waals surface area contributed by atoms with E-state index in [1.165, 1.54) is 12.5 Å². The number of carbonyl (C=O) groups is 1. The highest BCUT2D eigenvalue weighted by Gasteiger charge is 2.04. The SMILES string of the molecule is COc1cccc(C(=O)N/N=C\c2ccco2)c1. The van der Waals surface area contributed by atoms with Gasteiger partial charge in [-0.05, 0) is 30.3 Å². The highest BCUT2D eigenvalue weighted by Crippen LogP contribution is 2.12. The van der Waals surface area contributed by atoms with E-state index in [1.807, 2.05) is 0 Å². The molecule has 1 amide bonds. The van der Waals surface area contributed by atoms with E-state index >= 15 is 0 Å². The van der Waals surface area contributed by atoms with Gasteiger partial charge in [0.15, 0.2) is 0 Å². The van der Waals surface area contributed by atoms with Gasteiger partial charge in [-0.2, -0.15) is 5.10 Å². The van der Waals surface area contributed by atoms with Crippen LogP contribution < -0.4 is 10.2 Å². The number of rotatable bonds is 4. The van der Waals surface area contributed by atoms with Gasteiger partial charge in [0.05, 0.1) is 19.6 Å². The van der Waals surface area contributed by atoms with Crippen LogP contribution in [0.5, 0.6) is 5.75 Å². The number of hydrogen-bond acceptors (Lipinski definition) is 4. The fraction of sp³-hybridized carbons (Fsp3) is 0.0769. The Morgan fingerprint density at radius 2 is 2.28 bits per heavy atom. The van der Waals surface area contributed by atoms with Crippen LogP contribution in [0.3, 0.4) is 0 Å². The predicted octanol–water partition coefficient (Wildman–Crippen LogP) is 2.05. The van der Waals surface area contributed by atoms with Crippen LogP contribution >= 0.6 is 0 Å². The number of hydrogen-bond donors (Lipinski definition) is 1. The first kappa shape index (κ1) is 11.9. The lowest BCUT2D eigenvalue weighted by atomic mass is 10.2. The molecule has 1 aromatic carbocycles. The molecule has 0 radical (unpaired) electrons. The third-order valence-corrected chi connectivity index (χ3v) is 2.23. The summed E-state index contributed by atoms with van der Waals surface area (Å²) >= 11 is 0. The maximum atomic E-state index is 11.7. The molecular weight excluding hydrogens is 232 g/mol. The second-order valence-corrected chi connectivity index (χ2v) is 3.45. The van der Waals surface area contributed by atoms with Crippen molar-refractivity contribution in [1.82, 2.24) is 5.43 Å². The summed E-state index contributed by atoms with van der Waals surface area (Å²) in [5.74, 6) is 0.885. The Morgan fingerprint density at radius 1 is 1.39 bits per heavy atom. The Hall–Kier alpha value is -2.56. The van der Waals surface area contributed by atoms with Crippen molar-refractivity contribution in [2.45, 2.75) is 0 Å². The molecule has 0 atom stereocenters. The van der Waals surface area contributed by atoms with Crippen molar-refractivity contribution in [3.8, 4) is 5.75 Å². The molecule has 1 heterocycles. The van der Waals surface area contributed by atoms with Gasteiger partial charge >= 0.3 is 0 Å². The van der Waals surface area contributed by atoms with Gasteiger partial charge in [0, 0.05) is 5.56 Å². The van der Waals surface area contributed by atoms with Crippen molar-refractivity contribution >= 4 is 12.1 Å². The molecule has 0 spiro atoms. The number of carbonyl (C=O) groups excluding carboxylic acids is 1. The van der Waals surface area contributed by atoms with Crippen LogP contribution in [0.25, 0.3) is 0 Å². The van der Waals surface area contributed by atoms with Crippen LogP contribution in [-0.4, -0.2) is 19.2 Å². The van der Waals surface area contributed by atoms with Crippen LogP contribution in [0.1, 0.15) is 16.1 Å². The molecule has 92 valence electrons. The van der Waals surface area contributed by atoms with Crippen LogP contribution in [0, 0.1) is 0 Å². The van der Waals surface area contributed by atoms with Gasteiger partial charge in [-0.15, -0.1) is 0 Å². The van der Waals surface area contributed by atoms with Crippen molar-refractivity contribution in [3.05, 3.63) is 54.0 Å². The summed E-state index contributed by atoms with van der Waals surface area (Å²) in [4.78, 5) is 11.7. The Balaban J connectivity index is 1.99. The zero-order valence-corrected chi connectivity index (χ0v) is 9.79. The van der Waals surface area contributed by atoms with Crippen LogP contribution in [0.2, 0.25) is 0 Å². The van der Waals surface area contributed by atoms with E-state index in [4.69, 9.17) is 9.15 Å². The van der Waals surface area contributed by atoms with Gasteiger partial charge in [-0.1, -0.05) is 6.07 Å². The molecule has 0 aliphatic heterocycles. The maximum Gasteiger partial charge on any atom is 0.271 e. The fourth-order valence-electron chi connectivity index (χ4n) is 1.35. The fourth-order valence-corrected chi connectivity index (χ4v) is 1.35. The van der Waals surface area contributed by atoms with E-state index in [1.54, 1.807) is 43.5 Å². The van der Waals surface area contributed by atoms with Crippen molar-refractivity contribution < 1.29 is 13.9 Å². The highest BCUT2D eigenvalue weighted by atomic mass is 16.5. The standard InChI is InChI=1S/C13H12N2O3/c1-17-11-5-2-4-10(8-11)13(16)15-14-9-12-6-3-7-18-12/h2-9H,1H3,(H,15,16)/b14-9-. The van der Waals surface area contributed by atoms with E-state index in [0.29, 0.717) is 17.1 Å². The smallest absolute Gasteiger partial charge is 0.271 e. The molecule has 0 unspecified atom stereocenters. The number of methoxy groups -OCH3 is 1. The summed E-state index contributed by atoms with van der Waals surface area (Å²) in [5.41, 5.74) is 2.88. The zero-order valence-electron chi connectivity index (χ0n) is 9.79. The largest absolute Gasteiger partial charge is 0.497 e. The monoisotopic (exact) mass is 244 g/mol. The quantitative estimate of drug-likeness (QED) is 0.661. The van der Waals surface area contributed by atoms with Crippen LogP contribution in [-0.2, 0) is 0 Å². The summed E-state index contributed by atoms with van der Waals surface area (Å²) in [6.07, 6.45) is 2.96. The lowest BCUT2D eigenvalue weighted by Gasteiger charge is -2.02. The number of furan rings is 1. The van der Waals surface area contributed by atoms with Gasteiger partial charge in [-0.3, -0.25) is 4.79 Å². The molecule has 0 aliphatic rings. The number of benzene rings is 1. The van der Waals surface area contributed by atoms with E-state index in [2.05, 4.69) is 10.5 Å². The second kappa shape index (κ2) is 5.67. The molecule has 1 aromatic heterocycles. The molecule has 0 bridgehead atoms. The molecule has 0 fully saturated rings. The van der Waals surface area contributed by atoms with E-state index in [-0.39, 0.29) is 5.91 Å². The Bertz CT molecular complexity index is 547. The molecule has 18 heavy (non-hydrogen) atoms. The normalized spacial score (nSPS) is 10.5. The third-order valence-electron chi connectivity index (χ3n) is 2.23. The summed E-state index contributed by atoms with van der Waals surface area (Å²) < 4.78 is 10.1. The van der Waals surface area contributed by atoms with Crippen LogP contribution in [0.15, 0.2) is 52.2 Å². The molecule has 1 N–H and O–H groups in total. The van der Waals surface area contributed by atoms with E-state index < -0.39 is 0 Å². The van der Waals surface area contributed by atoms with Crippen LogP contribution in [0.4, 0.5) is 0 Å². The minimum atomic E-state index is -0.309. The van der Waals surface area contributed by atoms with E-state index in [0.717, 1.165) is 0 Å². The number of hydrazone groups is 1. The summed E-state index contributed by atoms with van der Waals surface area (Å²) in [5, 5.41) is 3.79. The lowest BCUT2D eigenvalue weighted by Crippen LogP contribution is -2.17. The average Bonchev–Trinajstić information content (AvgIpc) is 2.92. The number of nitrogens with one attached hydrogen (secondary N) is 1. The molecular formula is C13H12N2O3. The Morgan fingerprint density at radius 3 is 3.00 bits per heavy atom. The predicted molar refractivity (Wildman–Crippen MR) is 66.8 cm³/mol. The van der Waals surface area contributed by atoms with Crippen molar-refractivity contribution in [1.29, 1.82) is 0 Å². The molecule has 2 aromatic rings. The molecule has 0 saturated heterocycles. The number of amides is 1. The first-order chi connectivity index (χ1) is 8.79.